The number of likely N-dealkylation sites (tertiary alicyclic amines) is 1. The van der Waals surface area contributed by atoms with Crippen LogP contribution in [0, 0.1) is 17.0 Å². The van der Waals surface area contributed by atoms with Gasteiger partial charge in [-0.15, -0.1) is 0 Å². The van der Waals surface area contributed by atoms with E-state index in [1.165, 1.54) is 6.07 Å². The second-order valence-corrected chi connectivity index (χ2v) is 10.2. The van der Waals surface area contributed by atoms with Crippen LogP contribution in [0.2, 0.25) is 5.02 Å². The molecule has 1 aliphatic heterocycles. The Bertz CT molecular complexity index is 1180. The monoisotopic (exact) mass is 518 g/mol. The highest BCUT2D eigenvalue weighted by Crippen LogP contribution is 2.40. The maximum absolute atomic E-state index is 13.9. The molecule has 0 saturated carbocycles. The Balaban J connectivity index is 1.33. The van der Waals surface area contributed by atoms with Gasteiger partial charge in [-0.2, -0.15) is 0 Å². The van der Waals surface area contributed by atoms with E-state index in [-0.39, 0.29) is 12.0 Å². The topological polar surface area (TPSA) is 65.8 Å². The first-order valence-electron chi connectivity index (χ1n) is 12.4. The van der Waals surface area contributed by atoms with Gasteiger partial charge in [-0.25, -0.2) is 8.78 Å². The fraction of sp³-hybridized carbons (Fsp3) is 0.464. The number of rotatable bonds is 10. The van der Waals surface area contributed by atoms with Crippen LogP contribution in [0.15, 0.2) is 42.6 Å². The summed E-state index contributed by atoms with van der Waals surface area (Å²) in [5.41, 5.74) is 1.51. The van der Waals surface area contributed by atoms with Crippen LogP contribution in [0.5, 0.6) is 5.75 Å². The minimum Gasteiger partial charge on any atom is -0.497 e. The van der Waals surface area contributed by atoms with E-state index in [2.05, 4.69) is 9.88 Å². The smallest absolute Gasteiger partial charge is 0.162 e. The minimum absolute atomic E-state index is 0.0563. The van der Waals surface area contributed by atoms with Crippen molar-refractivity contribution in [1.29, 1.82) is 0 Å². The molecule has 1 unspecified atom stereocenters. The molecule has 2 heterocycles. The molecule has 2 N–H and O–H groups in total. The first kappa shape index (κ1) is 26.7. The van der Waals surface area contributed by atoms with Gasteiger partial charge in [0.05, 0.1) is 23.8 Å². The quantitative estimate of drug-likeness (QED) is 0.360. The van der Waals surface area contributed by atoms with Crippen LogP contribution in [0.4, 0.5) is 8.78 Å². The Morgan fingerprint density at radius 3 is 2.69 bits per heavy atom. The molecule has 0 aliphatic carbocycles. The van der Waals surface area contributed by atoms with Crippen LogP contribution in [0.3, 0.4) is 0 Å². The molecule has 0 bridgehead atoms. The van der Waals surface area contributed by atoms with E-state index in [1.807, 2.05) is 18.2 Å². The number of aryl methyl sites for hydroxylation is 1. The summed E-state index contributed by atoms with van der Waals surface area (Å²) >= 11 is 6.45. The zero-order valence-corrected chi connectivity index (χ0v) is 21.3. The molecular formula is C28H33ClF2N2O3. The number of hydrogen-bond donors (Lipinski definition) is 2. The second-order valence-electron chi connectivity index (χ2n) is 9.77. The zero-order valence-electron chi connectivity index (χ0n) is 20.5. The number of ether oxygens (including phenoxy) is 1. The van der Waals surface area contributed by atoms with Crippen molar-refractivity contribution in [3.63, 3.8) is 0 Å². The van der Waals surface area contributed by atoms with Gasteiger partial charge in [0, 0.05) is 23.8 Å². The van der Waals surface area contributed by atoms with Gasteiger partial charge < -0.3 is 19.8 Å². The number of halogens is 3. The SMILES string of the molecule is COc1ccc2ncc(Cl)c(C(O)CCC3(CO)CCN(CCCc4cccc(F)c4F)CC3)c2c1. The minimum atomic E-state index is -0.805. The van der Waals surface area contributed by atoms with E-state index in [9.17, 15) is 19.0 Å². The number of aromatic nitrogens is 1. The van der Waals surface area contributed by atoms with Crippen molar-refractivity contribution in [1.82, 2.24) is 9.88 Å². The van der Waals surface area contributed by atoms with Crippen molar-refractivity contribution in [2.45, 2.75) is 44.6 Å². The summed E-state index contributed by atoms with van der Waals surface area (Å²) in [7, 11) is 1.59. The number of piperidine rings is 1. The summed E-state index contributed by atoms with van der Waals surface area (Å²) in [4.78, 5) is 6.66. The zero-order chi connectivity index (χ0) is 25.7. The van der Waals surface area contributed by atoms with Crippen molar-refractivity contribution >= 4 is 22.5 Å². The molecule has 0 spiro atoms. The Labute approximate surface area is 215 Å². The number of methoxy groups -OCH3 is 1. The third kappa shape index (κ3) is 5.97. The molecule has 1 aliphatic rings. The summed E-state index contributed by atoms with van der Waals surface area (Å²) in [6.45, 7) is 2.48. The van der Waals surface area contributed by atoms with Crippen molar-refractivity contribution in [3.05, 3.63) is 70.4 Å². The number of fused-ring (bicyclic) bond motifs is 1. The summed E-state index contributed by atoms with van der Waals surface area (Å²) in [6, 6.07) is 9.80. The number of aliphatic hydroxyl groups excluding tert-OH is 2. The predicted molar refractivity (Wildman–Crippen MR) is 137 cm³/mol. The molecule has 0 radical (unpaired) electrons. The van der Waals surface area contributed by atoms with Gasteiger partial charge in [0.25, 0.3) is 0 Å². The van der Waals surface area contributed by atoms with Gasteiger partial charge in [-0.3, -0.25) is 4.98 Å². The highest BCUT2D eigenvalue weighted by Gasteiger charge is 2.34. The molecule has 1 saturated heterocycles. The summed E-state index contributed by atoms with van der Waals surface area (Å²) in [5, 5.41) is 22.5. The fourth-order valence-corrected chi connectivity index (χ4v) is 5.47. The van der Waals surface area contributed by atoms with Gasteiger partial charge in [-0.1, -0.05) is 23.7 Å². The van der Waals surface area contributed by atoms with Gasteiger partial charge in [-0.05, 0) is 93.4 Å². The lowest BCUT2D eigenvalue weighted by molar-refractivity contribution is 0.0234. The van der Waals surface area contributed by atoms with E-state index < -0.39 is 17.7 Å². The number of hydrogen-bond acceptors (Lipinski definition) is 5. The lowest BCUT2D eigenvalue weighted by Gasteiger charge is -2.41. The molecule has 36 heavy (non-hydrogen) atoms. The molecular weight excluding hydrogens is 486 g/mol. The van der Waals surface area contributed by atoms with E-state index >= 15 is 0 Å². The van der Waals surface area contributed by atoms with Crippen LogP contribution in [-0.4, -0.2) is 53.4 Å². The first-order chi connectivity index (χ1) is 17.4. The van der Waals surface area contributed by atoms with Crippen molar-refractivity contribution in [3.8, 4) is 5.75 Å². The van der Waals surface area contributed by atoms with Crippen molar-refractivity contribution < 1.29 is 23.7 Å². The van der Waals surface area contributed by atoms with Gasteiger partial charge in [0.15, 0.2) is 11.6 Å². The van der Waals surface area contributed by atoms with Gasteiger partial charge in [0.2, 0.25) is 0 Å². The summed E-state index contributed by atoms with van der Waals surface area (Å²) in [5.74, 6) is -0.894. The van der Waals surface area contributed by atoms with Crippen LogP contribution in [0.1, 0.15) is 49.3 Å². The van der Waals surface area contributed by atoms with E-state index in [4.69, 9.17) is 16.3 Å². The van der Waals surface area contributed by atoms with Crippen molar-refractivity contribution in [2.75, 3.05) is 33.4 Å². The Morgan fingerprint density at radius 1 is 1.19 bits per heavy atom. The maximum Gasteiger partial charge on any atom is 0.162 e. The third-order valence-corrected chi connectivity index (χ3v) is 7.85. The van der Waals surface area contributed by atoms with E-state index in [1.54, 1.807) is 19.4 Å². The molecule has 1 fully saturated rings. The van der Waals surface area contributed by atoms with Crippen LogP contribution in [-0.2, 0) is 6.42 Å². The molecule has 8 heteroatoms. The predicted octanol–water partition coefficient (Wildman–Crippen LogP) is 5.70. The third-order valence-electron chi connectivity index (χ3n) is 7.55. The molecule has 194 valence electrons. The summed E-state index contributed by atoms with van der Waals surface area (Å²) < 4.78 is 32.6. The van der Waals surface area contributed by atoms with Crippen molar-refractivity contribution in [2.24, 2.45) is 5.41 Å². The number of benzene rings is 2. The normalized spacial score (nSPS) is 16.8. The van der Waals surface area contributed by atoms with Crippen LogP contribution in [0.25, 0.3) is 10.9 Å². The Hall–Kier alpha value is -2.32. The molecule has 4 rings (SSSR count). The number of pyridine rings is 1. The largest absolute Gasteiger partial charge is 0.497 e. The standard InChI is InChI=1S/C28H33ClF2N2O3/c1-36-20-7-8-24-21(16-20)26(22(29)17-32-24)25(35)9-10-28(18-34)11-14-33(15-12-28)13-3-5-19-4-2-6-23(30)27(19)31/h2,4,6-8,16-17,25,34-35H,3,5,9-15,18H2,1H3. The Kier molecular flexibility index (Phi) is 8.78. The molecule has 0 amide bonds. The fourth-order valence-electron chi connectivity index (χ4n) is 5.19. The second kappa shape index (κ2) is 11.8. The number of aliphatic hydroxyl groups is 2. The van der Waals surface area contributed by atoms with Gasteiger partial charge in [0.1, 0.15) is 5.75 Å². The highest BCUT2D eigenvalue weighted by molar-refractivity contribution is 6.32. The average molecular weight is 519 g/mol. The first-order valence-corrected chi connectivity index (χ1v) is 12.8. The average Bonchev–Trinajstić information content (AvgIpc) is 2.90. The lowest BCUT2D eigenvalue weighted by Crippen LogP contribution is -2.42. The lowest BCUT2D eigenvalue weighted by atomic mass is 9.74. The molecule has 5 nitrogen and oxygen atoms in total. The summed E-state index contributed by atoms with van der Waals surface area (Å²) in [6.07, 6.45) is 4.74. The highest BCUT2D eigenvalue weighted by atomic mass is 35.5. The van der Waals surface area contributed by atoms with Crippen LogP contribution >= 0.6 is 11.6 Å². The molecule has 3 aromatic rings. The van der Waals surface area contributed by atoms with E-state index in [0.717, 1.165) is 55.9 Å². The number of nitrogens with zero attached hydrogens (tertiary/aromatic N) is 2. The van der Waals surface area contributed by atoms with Crippen LogP contribution < -0.4 is 4.74 Å². The Morgan fingerprint density at radius 2 is 1.97 bits per heavy atom. The molecule has 1 atom stereocenters. The molecule has 1 aromatic heterocycles. The van der Waals surface area contributed by atoms with Gasteiger partial charge >= 0.3 is 0 Å². The molecule has 2 aromatic carbocycles. The van der Waals surface area contributed by atoms with E-state index in [0.29, 0.717) is 41.2 Å². The maximum atomic E-state index is 13.9.